The minimum Gasteiger partial charge on any atom is -0.462 e. The van der Waals surface area contributed by atoms with Crippen LogP contribution in [0.15, 0.2) is 109 Å². The summed E-state index contributed by atoms with van der Waals surface area (Å²) < 4.78 is 16.7. The second-order valence-electron chi connectivity index (χ2n) is 18.5. The van der Waals surface area contributed by atoms with Gasteiger partial charge in [0.25, 0.3) is 0 Å². The lowest BCUT2D eigenvalue weighted by atomic mass is 10.1. The molecular weight excluding hydrogens is 853 g/mol. The molecule has 0 heterocycles. The van der Waals surface area contributed by atoms with Crippen molar-refractivity contribution in [2.24, 2.45) is 0 Å². The zero-order valence-electron chi connectivity index (χ0n) is 44.8. The first-order valence-corrected chi connectivity index (χ1v) is 28.4. The zero-order valence-corrected chi connectivity index (χ0v) is 44.8. The van der Waals surface area contributed by atoms with Crippen LogP contribution in [0.2, 0.25) is 0 Å². The van der Waals surface area contributed by atoms with Crippen molar-refractivity contribution in [2.75, 3.05) is 13.2 Å². The maximum Gasteiger partial charge on any atom is 0.306 e. The number of unbranched alkanes of at least 4 members (excludes halogenated alkanes) is 21. The first-order chi connectivity index (χ1) is 34.0. The molecule has 1 unspecified atom stereocenters. The standard InChI is InChI=1S/C63H104O6/c1-4-7-10-13-16-19-21-22-23-24-25-26-27-28-29-30-31-32-33-34-35-36-37-38-39-40-41-42-43-45-47-50-53-56-62(65)68-59-60(58-67-61(64)55-52-49-46-18-15-12-9-6-3)69-63(66)57-54-51-48-44-20-17-14-11-8-5-2/h7,10,16,19,22-23,25-26,28-29,31-32,34-35,37-38,40-41,60H,4-6,8-9,11-15,17-18,20-21,24,27,30,33,36,39,42-59H2,1-3H3/b10-7-,19-16-,23-22-,26-25-,29-28-,32-31-,35-34-,38-37-,41-40-. The van der Waals surface area contributed by atoms with Gasteiger partial charge in [0, 0.05) is 19.3 Å². The third-order valence-corrected chi connectivity index (χ3v) is 11.8. The van der Waals surface area contributed by atoms with E-state index in [0.717, 1.165) is 135 Å². The highest BCUT2D eigenvalue weighted by Gasteiger charge is 2.19. The van der Waals surface area contributed by atoms with Crippen LogP contribution in [0.3, 0.4) is 0 Å². The molecule has 0 amide bonds. The van der Waals surface area contributed by atoms with Gasteiger partial charge in [0.1, 0.15) is 13.2 Å². The van der Waals surface area contributed by atoms with Crippen LogP contribution < -0.4 is 0 Å². The number of ether oxygens (including phenoxy) is 3. The predicted octanol–water partition coefficient (Wildman–Crippen LogP) is 19.1. The fourth-order valence-electron chi connectivity index (χ4n) is 7.55. The van der Waals surface area contributed by atoms with Crippen LogP contribution in [0, 0.1) is 0 Å². The Morgan fingerprint density at radius 1 is 0.304 bits per heavy atom. The summed E-state index contributed by atoms with van der Waals surface area (Å²) in [5.74, 6) is -0.910. The van der Waals surface area contributed by atoms with E-state index in [1.165, 1.54) is 77.0 Å². The Labute approximate surface area is 425 Å². The molecule has 0 N–H and O–H groups in total. The van der Waals surface area contributed by atoms with Gasteiger partial charge >= 0.3 is 17.9 Å². The van der Waals surface area contributed by atoms with Crippen molar-refractivity contribution >= 4 is 17.9 Å². The molecule has 0 spiro atoms. The Kier molecular flexibility index (Phi) is 53.4. The Bertz CT molecular complexity index is 1420. The average Bonchev–Trinajstić information content (AvgIpc) is 3.35. The van der Waals surface area contributed by atoms with Gasteiger partial charge in [-0.05, 0) is 89.9 Å². The normalized spacial score (nSPS) is 12.9. The summed E-state index contributed by atoms with van der Waals surface area (Å²) in [7, 11) is 0. The maximum absolute atomic E-state index is 12.7. The van der Waals surface area contributed by atoms with Gasteiger partial charge < -0.3 is 14.2 Å². The van der Waals surface area contributed by atoms with E-state index in [1.807, 2.05) is 0 Å². The molecule has 0 aromatic rings. The Morgan fingerprint density at radius 2 is 0.565 bits per heavy atom. The first kappa shape index (κ1) is 65.1. The summed E-state index contributed by atoms with van der Waals surface area (Å²) in [6, 6.07) is 0. The summed E-state index contributed by atoms with van der Waals surface area (Å²) >= 11 is 0. The molecule has 0 aromatic carbocycles. The maximum atomic E-state index is 12.7. The molecule has 0 aromatic heterocycles. The molecule has 392 valence electrons. The molecule has 0 saturated heterocycles. The minimum atomic E-state index is -0.780. The second kappa shape index (κ2) is 56.7. The van der Waals surface area contributed by atoms with Crippen LogP contribution >= 0.6 is 0 Å². The first-order valence-electron chi connectivity index (χ1n) is 28.4. The molecule has 69 heavy (non-hydrogen) atoms. The third kappa shape index (κ3) is 54.9. The Balaban J connectivity index is 4.15. The zero-order chi connectivity index (χ0) is 50.0. The molecule has 0 saturated carbocycles. The smallest absolute Gasteiger partial charge is 0.306 e. The van der Waals surface area contributed by atoms with E-state index in [1.54, 1.807) is 0 Å². The number of rotatable bonds is 50. The third-order valence-electron chi connectivity index (χ3n) is 11.8. The molecule has 0 aliphatic heterocycles. The van der Waals surface area contributed by atoms with Crippen molar-refractivity contribution in [3.05, 3.63) is 109 Å². The van der Waals surface area contributed by atoms with Crippen molar-refractivity contribution < 1.29 is 28.6 Å². The van der Waals surface area contributed by atoms with Gasteiger partial charge in [-0.25, -0.2) is 0 Å². The fraction of sp³-hybridized carbons (Fsp3) is 0.667. The van der Waals surface area contributed by atoms with Crippen LogP contribution in [0.25, 0.3) is 0 Å². The van der Waals surface area contributed by atoms with Gasteiger partial charge in [0.2, 0.25) is 0 Å². The van der Waals surface area contributed by atoms with Gasteiger partial charge in [-0.2, -0.15) is 0 Å². The average molecular weight is 958 g/mol. The lowest BCUT2D eigenvalue weighted by Crippen LogP contribution is -2.30. The molecule has 0 aliphatic carbocycles. The molecule has 6 nitrogen and oxygen atoms in total. The summed E-state index contributed by atoms with van der Waals surface area (Å²) in [6.45, 7) is 6.46. The monoisotopic (exact) mass is 957 g/mol. The number of esters is 3. The molecule has 1 atom stereocenters. The highest BCUT2D eigenvalue weighted by molar-refractivity contribution is 5.71. The van der Waals surface area contributed by atoms with Gasteiger partial charge in [-0.3, -0.25) is 14.4 Å². The minimum absolute atomic E-state index is 0.0820. The second-order valence-corrected chi connectivity index (χ2v) is 18.5. The largest absolute Gasteiger partial charge is 0.462 e. The van der Waals surface area contributed by atoms with Gasteiger partial charge in [-0.1, -0.05) is 252 Å². The summed E-state index contributed by atoms with van der Waals surface area (Å²) in [5, 5.41) is 0. The highest BCUT2D eigenvalue weighted by Crippen LogP contribution is 2.14. The van der Waals surface area contributed by atoms with Crippen molar-refractivity contribution in [1.82, 2.24) is 0 Å². The number of carbonyl (C=O) groups excluding carboxylic acids is 3. The Morgan fingerprint density at radius 3 is 0.884 bits per heavy atom. The molecule has 6 heteroatoms. The molecule has 0 aliphatic rings. The summed E-state index contributed by atoms with van der Waals surface area (Å²) in [4.78, 5) is 37.8. The topological polar surface area (TPSA) is 78.9 Å². The number of allylic oxidation sites excluding steroid dienone is 18. The lowest BCUT2D eigenvalue weighted by Gasteiger charge is -2.18. The molecule has 0 fully saturated rings. The predicted molar refractivity (Wildman–Crippen MR) is 297 cm³/mol. The van der Waals surface area contributed by atoms with Crippen molar-refractivity contribution in [3.8, 4) is 0 Å². The molecular formula is C63H104O6. The van der Waals surface area contributed by atoms with Crippen LogP contribution in [0.4, 0.5) is 0 Å². The van der Waals surface area contributed by atoms with E-state index < -0.39 is 6.10 Å². The van der Waals surface area contributed by atoms with Crippen molar-refractivity contribution in [2.45, 2.75) is 258 Å². The lowest BCUT2D eigenvalue weighted by molar-refractivity contribution is -0.167. The number of hydrogen-bond acceptors (Lipinski definition) is 6. The van der Waals surface area contributed by atoms with Gasteiger partial charge in [0.05, 0.1) is 0 Å². The number of carbonyl (C=O) groups is 3. The van der Waals surface area contributed by atoms with E-state index in [-0.39, 0.29) is 31.1 Å². The van der Waals surface area contributed by atoms with Crippen LogP contribution in [0.1, 0.15) is 252 Å². The fourth-order valence-corrected chi connectivity index (χ4v) is 7.55. The van der Waals surface area contributed by atoms with E-state index in [2.05, 4.69) is 130 Å². The molecule has 0 rings (SSSR count). The molecule has 0 bridgehead atoms. The van der Waals surface area contributed by atoms with Crippen molar-refractivity contribution in [1.29, 1.82) is 0 Å². The van der Waals surface area contributed by atoms with Crippen LogP contribution in [-0.4, -0.2) is 37.2 Å². The SMILES string of the molecule is CC/C=C\C/C=C\C/C=C\C/C=C\C/C=C\C/C=C\C/C=C\C/C=C\C/C=C\CCCCCCCC(=O)OCC(COC(=O)CCCCCCCCCC)OC(=O)CCCCCCCCCCCC. The Hall–Kier alpha value is -3.93. The quantitative estimate of drug-likeness (QED) is 0.0262. The molecule has 0 radical (unpaired) electrons. The number of hydrogen-bond donors (Lipinski definition) is 0. The van der Waals surface area contributed by atoms with Crippen LogP contribution in [-0.2, 0) is 28.6 Å². The van der Waals surface area contributed by atoms with E-state index in [9.17, 15) is 14.4 Å². The highest BCUT2D eigenvalue weighted by atomic mass is 16.6. The van der Waals surface area contributed by atoms with Crippen LogP contribution in [0.5, 0.6) is 0 Å². The van der Waals surface area contributed by atoms with Gasteiger partial charge in [-0.15, -0.1) is 0 Å². The summed E-state index contributed by atoms with van der Waals surface area (Å²) in [5.41, 5.74) is 0. The van der Waals surface area contributed by atoms with E-state index in [4.69, 9.17) is 14.2 Å². The van der Waals surface area contributed by atoms with Crippen molar-refractivity contribution in [3.63, 3.8) is 0 Å². The summed E-state index contributed by atoms with van der Waals surface area (Å²) in [6.07, 6.45) is 76.8. The van der Waals surface area contributed by atoms with Gasteiger partial charge in [0.15, 0.2) is 6.10 Å². The van der Waals surface area contributed by atoms with E-state index in [0.29, 0.717) is 19.3 Å². The van der Waals surface area contributed by atoms with E-state index >= 15 is 0 Å².